The number of carbonyl (C=O) groups is 2. The van der Waals surface area contributed by atoms with Crippen molar-refractivity contribution in [3.63, 3.8) is 0 Å². The van der Waals surface area contributed by atoms with Gasteiger partial charge in [0.05, 0.1) is 10.6 Å². The number of hydrogen-bond donors (Lipinski definition) is 2. The van der Waals surface area contributed by atoms with E-state index in [-0.39, 0.29) is 46.9 Å². The first-order chi connectivity index (χ1) is 13.4. The van der Waals surface area contributed by atoms with Crippen molar-refractivity contribution in [3.8, 4) is 0 Å². The van der Waals surface area contributed by atoms with E-state index in [9.17, 15) is 18.0 Å². The quantitative estimate of drug-likeness (QED) is 0.708. The number of carbonyl (C=O) groups excluding carboxylic acids is 2. The van der Waals surface area contributed by atoms with Crippen molar-refractivity contribution in [2.45, 2.75) is 49.1 Å². The van der Waals surface area contributed by atoms with Crippen molar-refractivity contribution in [3.05, 3.63) is 30.3 Å². The largest absolute Gasteiger partial charge is 0.384 e. The predicted octanol–water partition coefficient (Wildman–Crippen LogP) is 1.29. The molecule has 154 valence electrons. The zero-order valence-electron chi connectivity index (χ0n) is 16.1. The highest BCUT2D eigenvalue weighted by molar-refractivity contribution is 7.91. The highest BCUT2D eigenvalue weighted by atomic mass is 32.2. The third-order valence-corrected chi connectivity index (χ3v) is 7.48. The van der Waals surface area contributed by atoms with Gasteiger partial charge >= 0.3 is 0 Å². The minimum atomic E-state index is -3.47. The Kier molecular flexibility index (Phi) is 6.72. The van der Waals surface area contributed by atoms with Crippen LogP contribution in [0.5, 0.6) is 0 Å². The molecule has 1 aliphatic carbocycles. The molecule has 1 saturated heterocycles. The van der Waals surface area contributed by atoms with Crippen molar-refractivity contribution in [2.75, 3.05) is 19.5 Å². The van der Waals surface area contributed by atoms with Gasteiger partial charge in [0.15, 0.2) is 9.84 Å². The molecule has 0 aromatic heterocycles. The van der Waals surface area contributed by atoms with E-state index in [4.69, 9.17) is 4.74 Å². The van der Waals surface area contributed by atoms with E-state index < -0.39 is 9.84 Å². The van der Waals surface area contributed by atoms with E-state index in [1.165, 1.54) is 12.1 Å². The standard InChI is InChI=1S/C20H28N2O5S/c1-27-13-14-11-20(24)22-18-12-15(7-8-17(14)18)21-19(23)9-10-28(25,26)16-5-3-2-4-6-16/h2-6,14-15,17-18H,7-13H2,1H3,(H,21,23)(H,22,24). The number of fused-ring (bicyclic) bond motifs is 1. The first-order valence-electron chi connectivity index (χ1n) is 9.74. The molecule has 7 nitrogen and oxygen atoms in total. The summed E-state index contributed by atoms with van der Waals surface area (Å²) in [6.45, 7) is 0.572. The Morgan fingerprint density at radius 3 is 2.71 bits per heavy atom. The molecule has 0 bridgehead atoms. The van der Waals surface area contributed by atoms with Crippen LogP contribution in [0.25, 0.3) is 0 Å². The molecule has 1 aromatic carbocycles. The summed E-state index contributed by atoms with van der Waals surface area (Å²) in [4.78, 5) is 24.5. The van der Waals surface area contributed by atoms with Gasteiger partial charge in [-0.1, -0.05) is 18.2 Å². The molecule has 1 saturated carbocycles. The maximum absolute atomic E-state index is 12.3. The van der Waals surface area contributed by atoms with Crippen LogP contribution < -0.4 is 10.6 Å². The Balaban J connectivity index is 1.51. The van der Waals surface area contributed by atoms with Crippen LogP contribution in [-0.2, 0) is 24.2 Å². The number of rotatable bonds is 7. The smallest absolute Gasteiger partial charge is 0.221 e. The van der Waals surface area contributed by atoms with E-state index in [1.54, 1.807) is 25.3 Å². The molecule has 28 heavy (non-hydrogen) atoms. The van der Waals surface area contributed by atoms with Gasteiger partial charge in [-0.2, -0.15) is 0 Å². The summed E-state index contributed by atoms with van der Waals surface area (Å²) in [6.07, 6.45) is 2.83. The molecule has 1 aromatic rings. The number of methoxy groups -OCH3 is 1. The summed E-state index contributed by atoms with van der Waals surface area (Å²) in [5, 5.41) is 6.00. The van der Waals surface area contributed by atoms with E-state index in [0.717, 1.165) is 12.8 Å². The van der Waals surface area contributed by atoms with Crippen LogP contribution in [0.2, 0.25) is 0 Å². The molecule has 1 aliphatic heterocycles. The number of nitrogens with one attached hydrogen (secondary N) is 2. The Morgan fingerprint density at radius 2 is 2.00 bits per heavy atom. The summed E-state index contributed by atoms with van der Waals surface area (Å²) < 4.78 is 29.9. The van der Waals surface area contributed by atoms with E-state index in [2.05, 4.69) is 10.6 Å². The lowest BCUT2D eigenvalue weighted by molar-refractivity contribution is -0.128. The Morgan fingerprint density at radius 1 is 1.25 bits per heavy atom. The molecular weight excluding hydrogens is 380 g/mol. The molecule has 0 radical (unpaired) electrons. The van der Waals surface area contributed by atoms with Gasteiger partial charge in [-0.15, -0.1) is 0 Å². The van der Waals surface area contributed by atoms with Crippen molar-refractivity contribution in [2.24, 2.45) is 11.8 Å². The molecular formula is C20H28N2O5S. The summed E-state index contributed by atoms with van der Waals surface area (Å²) >= 11 is 0. The first-order valence-corrected chi connectivity index (χ1v) is 11.4. The molecule has 8 heteroatoms. The molecule has 1 heterocycles. The Bertz CT molecular complexity index is 796. The summed E-state index contributed by atoms with van der Waals surface area (Å²) in [6, 6.07) is 8.15. The molecule has 2 amide bonds. The molecule has 2 aliphatic rings. The van der Waals surface area contributed by atoms with Crippen LogP contribution in [-0.4, -0.2) is 51.8 Å². The number of benzene rings is 1. The second-order valence-electron chi connectivity index (χ2n) is 7.72. The normalized spacial score (nSPS) is 27.5. The molecule has 2 fully saturated rings. The van der Waals surface area contributed by atoms with Gasteiger partial charge in [0, 0.05) is 38.6 Å². The summed E-state index contributed by atoms with van der Waals surface area (Å²) in [7, 11) is -1.82. The Hall–Kier alpha value is -1.93. The van der Waals surface area contributed by atoms with Crippen molar-refractivity contribution in [1.29, 1.82) is 0 Å². The van der Waals surface area contributed by atoms with E-state index >= 15 is 0 Å². The van der Waals surface area contributed by atoms with Gasteiger partial charge in [0.25, 0.3) is 0 Å². The average Bonchev–Trinajstić information content (AvgIpc) is 2.67. The van der Waals surface area contributed by atoms with Crippen LogP contribution in [0.3, 0.4) is 0 Å². The summed E-state index contributed by atoms with van der Waals surface area (Å²) in [5.74, 6) is 0.136. The lowest BCUT2D eigenvalue weighted by atomic mass is 9.71. The van der Waals surface area contributed by atoms with Crippen LogP contribution in [0, 0.1) is 11.8 Å². The van der Waals surface area contributed by atoms with Gasteiger partial charge in [-0.3, -0.25) is 9.59 Å². The third-order valence-electron chi connectivity index (χ3n) is 5.75. The zero-order valence-corrected chi connectivity index (χ0v) is 16.9. The molecule has 3 rings (SSSR count). The summed E-state index contributed by atoms with van der Waals surface area (Å²) in [5.41, 5.74) is 0. The van der Waals surface area contributed by atoms with Gasteiger partial charge in [-0.05, 0) is 43.2 Å². The topological polar surface area (TPSA) is 102 Å². The Labute approximate surface area is 166 Å². The van der Waals surface area contributed by atoms with Gasteiger partial charge in [-0.25, -0.2) is 8.42 Å². The van der Waals surface area contributed by atoms with Crippen LogP contribution in [0.1, 0.15) is 32.1 Å². The van der Waals surface area contributed by atoms with Crippen LogP contribution >= 0.6 is 0 Å². The fraction of sp³-hybridized carbons (Fsp3) is 0.600. The third kappa shape index (κ3) is 5.11. The van der Waals surface area contributed by atoms with Crippen molar-refractivity contribution in [1.82, 2.24) is 10.6 Å². The van der Waals surface area contributed by atoms with Crippen LogP contribution in [0.4, 0.5) is 0 Å². The predicted molar refractivity (Wildman–Crippen MR) is 104 cm³/mol. The molecule has 0 spiro atoms. The first kappa shape index (κ1) is 20.8. The van der Waals surface area contributed by atoms with Gasteiger partial charge < -0.3 is 15.4 Å². The van der Waals surface area contributed by atoms with E-state index in [1.807, 2.05) is 0 Å². The second kappa shape index (κ2) is 9.05. The maximum atomic E-state index is 12.3. The molecule has 4 unspecified atom stereocenters. The number of sulfone groups is 1. The number of hydrogen-bond acceptors (Lipinski definition) is 5. The van der Waals surface area contributed by atoms with Crippen LogP contribution in [0.15, 0.2) is 35.2 Å². The molecule has 4 atom stereocenters. The average molecular weight is 409 g/mol. The fourth-order valence-corrected chi connectivity index (χ4v) is 5.64. The van der Waals surface area contributed by atoms with E-state index in [0.29, 0.717) is 25.4 Å². The zero-order chi connectivity index (χ0) is 20.1. The van der Waals surface area contributed by atoms with Gasteiger partial charge in [0.2, 0.25) is 11.8 Å². The molecule has 2 N–H and O–H groups in total. The maximum Gasteiger partial charge on any atom is 0.221 e. The number of ether oxygens (including phenoxy) is 1. The minimum absolute atomic E-state index is 0.0317. The highest BCUT2D eigenvalue weighted by Crippen LogP contribution is 2.35. The highest BCUT2D eigenvalue weighted by Gasteiger charge is 2.40. The minimum Gasteiger partial charge on any atom is -0.384 e. The SMILES string of the molecule is COCC1CC(=O)NC2CC(NC(=O)CCS(=O)(=O)c3ccccc3)CCC12. The van der Waals surface area contributed by atoms with Crippen molar-refractivity contribution >= 4 is 21.7 Å². The number of piperidine rings is 1. The van der Waals surface area contributed by atoms with Crippen molar-refractivity contribution < 1.29 is 22.7 Å². The fourth-order valence-electron chi connectivity index (χ4n) is 4.38. The monoisotopic (exact) mass is 408 g/mol. The number of amides is 2. The van der Waals surface area contributed by atoms with Gasteiger partial charge in [0.1, 0.15) is 0 Å². The second-order valence-corrected chi connectivity index (χ2v) is 9.83. The lowest BCUT2D eigenvalue weighted by Crippen LogP contribution is -2.56. The lowest BCUT2D eigenvalue weighted by Gasteiger charge is -2.43.